The molecule has 5 nitrogen and oxygen atoms in total. The lowest BCUT2D eigenvalue weighted by molar-refractivity contribution is -0.134. The summed E-state index contributed by atoms with van der Waals surface area (Å²) in [5.74, 6) is 0.669. The molecule has 0 unspecified atom stereocenters. The monoisotopic (exact) mass is 279 g/mol. The van der Waals surface area contributed by atoms with E-state index < -0.39 is 5.97 Å². The van der Waals surface area contributed by atoms with Gasteiger partial charge in [0.1, 0.15) is 23.0 Å². The molecule has 2 rings (SSSR count). The first-order chi connectivity index (χ1) is 9.01. The Balaban J connectivity index is 2.50. The quantitative estimate of drug-likeness (QED) is 0.880. The van der Waals surface area contributed by atoms with Crippen LogP contribution in [0.15, 0.2) is 6.07 Å². The molecule has 0 aliphatic heterocycles. The van der Waals surface area contributed by atoms with Crippen molar-refractivity contribution in [1.82, 2.24) is 9.97 Å². The number of thiophene rings is 1. The summed E-state index contributed by atoms with van der Waals surface area (Å²) in [6.07, 6.45) is 0.941. The van der Waals surface area contributed by atoms with E-state index in [1.807, 2.05) is 19.9 Å². The molecule has 0 atom stereocenters. The lowest BCUT2D eigenvalue weighted by Crippen LogP contribution is -2.14. The van der Waals surface area contributed by atoms with Crippen molar-refractivity contribution in [3.8, 4) is 0 Å². The average Bonchev–Trinajstić information content (AvgIpc) is 2.78. The molecule has 2 aromatic heterocycles. The second kappa shape index (κ2) is 5.52. The minimum atomic E-state index is -0.899. The number of carboxylic acids is 1. The van der Waals surface area contributed by atoms with Crippen LogP contribution in [0.5, 0.6) is 0 Å². The van der Waals surface area contributed by atoms with Gasteiger partial charge in [0.15, 0.2) is 0 Å². The molecule has 2 aromatic rings. The van der Waals surface area contributed by atoms with Crippen molar-refractivity contribution in [2.45, 2.75) is 33.1 Å². The Bertz CT molecular complexity index is 607. The number of carbonyl (C=O) groups is 1. The molecule has 0 aliphatic carbocycles. The molecular weight excluding hydrogens is 262 g/mol. The van der Waals surface area contributed by atoms with Gasteiger partial charge in [0.25, 0.3) is 0 Å². The third-order valence-corrected chi connectivity index (χ3v) is 3.91. The van der Waals surface area contributed by atoms with Crippen LogP contribution in [0.3, 0.4) is 0 Å². The van der Waals surface area contributed by atoms with Crippen LogP contribution in [0.25, 0.3) is 10.2 Å². The number of aryl methyl sites for hydroxylation is 1. The fourth-order valence-corrected chi connectivity index (χ4v) is 2.69. The van der Waals surface area contributed by atoms with Crippen LogP contribution in [0.2, 0.25) is 0 Å². The predicted octanol–water partition coefficient (Wildman–Crippen LogP) is 2.87. The minimum Gasteiger partial charge on any atom is -0.480 e. The number of carboxylic acid groups (broad SMARTS) is 1. The number of aliphatic carboxylic acids is 1. The van der Waals surface area contributed by atoms with Crippen molar-refractivity contribution in [2.75, 3.05) is 11.9 Å². The molecule has 0 spiro atoms. The standard InChI is InChI=1S/C13H17N3O2S/c1-4-8-5-9-12(14-6-10(17)18)15-11(7(2)3)16-13(9)19-8/h5,7H,4,6H2,1-3H3,(H,17,18)(H,14,15,16). The highest BCUT2D eigenvalue weighted by atomic mass is 32.1. The summed E-state index contributed by atoms with van der Waals surface area (Å²) in [4.78, 5) is 21.8. The van der Waals surface area contributed by atoms with Gasteiger partial charge in [-0.05, 0) is 12.5 Å². The zero-order valence-electron chi connectivity index (χ0n) is 11.2. The smallest absolute Gasteiger partial charge is 0.322 e. The van der Waals surface area contributed by atoms with Crippen molar-refractivity contribution < 1.29 is 9.90 Å². The van der Waals surface area contributed by atoms with E-state index in [-0.39, 0.29) is 12.5 Å². The summed E-state index contributed by atoms with van der Waals surface area (Å²) >= 11 is 1.64. The normalized spacial score (nSPS) is 11.2. The number of anilines is 1. The Morgan fingerprint density at radius 3 is 2.79 bits per heavy atom. The Morgan fingerprint density at radius 1 is 1.47 bits per heavy atom. The maximum atomic E-state index is 10.7. The van der Waals surface area contributed by atoms with E-state index >= 15 is 0 Å². The van der Waals surface area contributed by atoms with Crippen LogP contribution >= 0.6 is 11.3 Å². The second-order valence-electron chi connectivity index (χ2n) is 4.62. The van der Waals surface area contributed by atoms with E-state index in [1.165, 1.54) is 4.88 Å². The minimum absolute atomic E-state index is 0.138. The molecule has 0 amide bonds. The van der Waals surface area contributed by atoms with Gasteiger partial charge in [-0.1, -0.05) is 20.8 Å². The van der Waals surface area contributed by atoms with Crippen LogP contribution in [0.4, 0.5) is 5.82 Å². The van der Waals surface area contributed by atoms with Gasteiger partial charge in [0.05, 0.1) is 5.39 Å². The Labute approximate surface area is 115 Å². The Morgan fingerprint density at radius 2 is 2.21 bits per heavy atom. The fourth-order valence-electron chi connectivity index (χ4n) is 1.71. The second-order valence-corrected chi connectivity index (χ2v) is 5.73. The summed E-state index contributed by atoms with van der Waals surface area (Å²) in [5, 5.41) is 12.6. The summed E-state index contributed by atoms with van der Waals surface area (Å²) < 4.78 is 0. The summed E-state index contributed by atoms with van der Waals surface area (Å²) in [7, 11) is 0. The number of hydrogen-bond donors (Lipinski definition) is 2. The van der Waals surface area contributed by atoms with Crippen molar-refractivity contribution in [2.24, 2.45) is 0 Å². The topological polar surface area (TPSA) is 75.1 Å². The number of nitrogens with one attached hydrogen (secondary N) is 1. The maximum absolute atomic E-state index is 10.7. The molecule has 0 radical (unpaired) electrons. The molecule has 0 saturated carbocycles. The number of nitrogens with zero attached hydrogens (tertiary/aromatic N) is 2. The predicted molar refractivity (Wildman–Crippen MR) is 77.0 cm³/mol. The number of hydrogen-bond acceptors (Lipinski definition) is 5. The van der Waals surface area contributed by atoms with E-state index in [2.05, 4.69) is 22.2 Å². The van der Waals surface area contributed by atoms with Crippen LogP contribution in [0.1, 0.15) is 37.4 Å². The molecule has 0 bridgehead atoms. The molecule has 0 fully saturated rings. The van der Waals surface area contributed by atoms with Crippen LogP contribution < -0.4 is 5.32 Å². The van der Waals surface area contributed by atoms with E-state index in [4.69, 9.17) is 5.11 Å². The van der Waals surface area contributed by atoms with Crippen LogP contribution in [0, 0.1) is 0 Å². The lowest BCUT2D eigenvalue weighted by Gasteiger charge is -2.08. The Kier molecular flexibility index (Phi) is 3.99. The molecule has 6 heteroatoms. The highest BCUT2D eigenvalue weighted by molar-refractivity contribution is 7.18. The van der Waals surface area contributed by atoms with Gasteiger partial charge < -0.3 is 10.4 Å². The van der Waals surface area contributed by atoms with Crippen LogP contribution in [-0.4, -0.2) is 27.6 Å². The third-order valence-electron chi connectivity index (χ3n) is 2.73. The Hall–Kier alpha value is -1.69. The van der Waals surface area contributed by atoms with Crippen molar-refractivity contribution in [3.05, 3.63) is 16.8 Å². The number of fused-ring (bicyclic) bond motifs is 1. The molecule has 2 N–H and O–H groups in total. The lowest BCUT2D eigenvalue weighted by atomic mass is 10.2. The van der Waals surface area contributed by atoms with Gasteiger partial charge >= 0.3 is 5.97 Å². The van der Waals surface area contributed by atoms with Gasteiger partial charge in [-0.3, -0.25) is 4.79 Å². The molecule has 0 aromatic carbocycles. The summed E-state index contributed by atoms with van der Waals surface area (Å²) in [6, 6.07) is 2.04. The molecule has 19 heavy (non-hydrogen) atoms. The zero-order chi connectivity index (χ0) is 14.0. The summed E-state index contributed by atoms with van der Waals surface area (Å²) in [5.41, 5.74) is 0. The van der Waals surface area contributed by atoms with E-state index in [1.54, 1.807) is 11.3 Å². The van der Waals surface area contributed by atoms with Gasteiger partial charge in [-0.2, -0.15) is 0 Å². The molecule has 0 saturated heterocycles. The van der Waals surface area contributed by atoms with Gasteiger partial charge in [0, 0.05) is 10.8 Å². The van der Waals surface area contributed by atoms with Crippen molar-refractivity contribution in [1.29, 1.82) is 0 Å². The van der Waals surface area contributed by atoms with E-state index in [0.29, 0.717) is 5.82 Å². The van der Waals surface area contributed by atoms with Crippen molar-refractivity contribution >= 4 is 33.3 Å². The average molecular weight is 279 g/mol. The zero-order valence-corrected chi connectivity index (χ0v) is 12.0. The number of rotatable bonds is 5. The molecular formula is C13H17N3O2S. The van der Waals surface area contributed by atoms with Crippen molar-refractivity contribution in [3.63, 3.8) is 0 Å². The highest BCUT2D eigenvalue weighted by Crippen LogP contribution is 2.30. The fraction of sp³-hybridized carbons (Fsp3) is 0.462. The van der Waals surface area contributed by atoms with E-state index in [9.17, 15) is 4.79 Å². The van der Waals surface area contributed by atoms with E-state index in [0.717, 1.165) is 22.5 Å². The SMILES string of the molecule is CCc1cc2c(NCC(=O)O)nc(C(C)C)nc2s1. The first kappa shape index (κ1) is 13.7. The summed E-state index contributed by atoms with van der Waals surface area (Å²) in [6.45, 7) is 6.00. The molecule has 0 aliphatic rings. The largest absolute Gasteiger partial charge is 0.480 e. The molecule has 102 valence electrons. The van der Waals surface area contributed by atoms with Gasteiger partial charge in [-0.15, -0.1) is 11.3 Å². The van der Waals surface area contributed by atoms with Gasteiger partial charge in [-0.25, -0.2) is 9.97 Å². The molecule has 2 heterocycles. The number of aromatic nitrogens is 2. The first-order valence-corrected chi connectivity index (χ1v) is 7.09. The van der Waals surface area contributed by atoms with Gasteiger partial charge in [0.2, 0.25) is 0 Å². The third kappa shape index (κ3) is 3.01. The van der Waals surface area contributed by atoms with Crippen LogP contribution in [-0.2, 0) is 11.2 Å². The highest BCUT2D eigenvalue weighted by Gasteiger charge is 2.13. The first-order valence-electron chi connectivity index (χ1n) is 6.27. The maximum Gasteiger partial charge on any atom is 0.322 e.